The first-order valence-electron chi connectivity index (χ1n) is 11.7. The molecule has 0 saturated heterocycles. The van der Waals surface area contributed by atoms with Gasteiger partial charge in [-0.25, -0.2) is 9.97 Å². The predicted octanol–water partition coefficient (Wildman–Crippen LogP) is 5.04. The molecule has 0 fully saturated rings. The number of hydrogen-bond donors (Lipinski definition) is 1. The van der Waals surface area contributed by atoms with Crippen molar-refractivity contribution < 1.29 is 9.28 Å². The van der Waals surface area contributed by atoms with Crippen molar-refractivity contribution in [1.82, 2.24) is 14.5 Å². The fraction of sp³-hybridized carbons (Fsp3) is 0.370. The molecule has 0 aliphatic heterocycles. The largest absolute Gasteiger partial charge is 0.371 e. The highest BCUT2D eigenvalue weighted by atomic mass is 16.1. The molecular formula is C27H34N5O+. The molecule has 4 aromatic rings. The summed E-state index contributed by atoms with van der Waals surface area (Å²) in [5, 5.41) is 4.23. The quantitative estimate of drug-likeness (QED) is 0.290. The van der Waals surface area contributed by atoms with Crippen LogP contribution in [0, 0.1) is 0 Å². The van der Waals surface area contributed by atoms with Gasteiger partial charge in [-0.1, -0.05) is 43.7 Å². The highest BCUT2D eigenvalue weighted by molar-refractivity contribution is 6.08. The van der Waals surface area contributed by atoms with Crippen LogP contribution in [0.4, 0.5) is 5.82 Å². The second kappa shape index (κ2) is 9.32. The number of pyridine rings is 1. The van der Waals surface area contributed by atoms with E-state index in [1.165, 1.54) is 11.1 Å². The number of unbranched alkanes of at least 4 members (excludes halogenated alkanes) is 1. The van der Waals surface area contributed by atoms with Crippen LogP contribution in [-0.2, 0) is 19.5 Å². The van der Waals surface area contributed by atoms with E-state index in [-0.39, 0.29) is 0 Å². The Bertz CT molecular complexity index is 1280. The number of anilines is 1. The number of aryl methyl sites for hydroxylation is 1. The molecule has 6 nitrogen and oxygen atoms in total. The van der Waals surface area contributed by atoms with Gasteiger partial charge in [0.1, 0.15) is 24.2 Å². The number of nitrogens with one attached hydrogen (secondary N) is 1. The standard InChI is InChI=1S/C27H34N5O/c1-6-7-8-24-30-25-26(22-14-13-21(18-33)15-23(22)29-27(25)28-2)31(24)16-19-9-11-20(12-10-19)17-32(3,4)5/h9-15,18H,6-8,16-17H2,1-5H3,(H,28,29)/q+1. The van der Waals surface area contributed by atoms with Crippen molar-refractivity contribution in [2.24, 2.45) is 0 Å². The van der Waals surface area contributed by atoms with E-state index in [4.69, 9.17) is 9.97 Å². The van der Waals surface area contributed by atoms with Crippen LogP contribution in [0.15, 0.2) is 42.5 Å². The lowest BCUT2D eigenvalue weighted by Crippen LogP contribution is -2.33. The highest BCUT2D eigenvalue weighted by Crippen LogP contribution is 2.31. The average Bonchev–Trinajstić information content (AvgIpc) is 3.15. The van der Waals surface area contributed by atoms with Gasteiger partial charge in [0.2, 0.25) is 0 Å². The van der Waals surface area contributed by atoms with Crippen molar-refractivity contribution in [3.05, 3.63) is 65.0 Å². The van der Waals surface area contributed by atoms with E-state index in [2.05, 4.69) is 62.2 Å². The van der Waals surface area contributed by atoms with E-state index < -0.39 is 0 Å². The Morgan fingerprint density at radius 1 is 1.03 bits per heavy atom. The summed E-state index contributed by atoms with van der Waals surface area (Å²) in [6.07, 6.45) is 3.98. The van der Waals surface area contributed by atoms with E-state index in [1.54, 1.807) is 0 Å². The van der Waals surface area contributed by atoms with Crippen molar-refractivity contribution in [2.45, 2.75) is 39.3 Å². The average molecular weight is 445 g/mol. The number of aldehydes is 1. The third-order valence-corrected chi connectivity index (χ3v) is 5.93. The van der Waals surface area contributed by atoms with E-state index in [0.717, 1.165) is 76.7 Å². The van der Waals surface area contributed by atoms with Crippen LogP contribution in [0.5, 0.6) is 0 Å². The molecule has 2 aromatic carbocycles. The number of carbonyl (C=O) groups is 1. The summed E-state index contributed by atoms with van der Waals surface area (Å²) < 4.78 is 3.24. The normalized spacial score (nSPS) is 11.9. The number of imidazole rings is 1. The molecule has 4 rings (SSSR count). The minimum Gasteiger partial charge on any atom is -0.371 e. The van der Waals surface area contributed by atoms with E-state index >= 15 is 0 Å². The van der Waals surface area contributed by atoms with Crippen LogP contribution in [-0.4, -0.2) is 53.5 Å². The molecule has 0 bridgehead atoms. The molecular weight excluding hydrogens is 410 g/mol. The van der Waals surface area contributed by atoms with Gasteiger partial charge in [-0.2, -0.15) is 0 Å². The fourth-order valence-electron chi connectivity index (χ4n) is 4.38. The van der Waals surface area contributed by atoms with Gasteiger partial charge < -0.3 is 14.4 Å². The molecule has 0 aliphatic carbocycles. The number of quaternary nitrogens is 1. The molecule has 0 aliphatic rings. The van der Waals surface area contributed by atoms with E-state index in [1.807, 2.05) is 25.2 Å². The van der Waals surface area contributed by atoms with Crippen LogP contribution in [0.25, 0.3) is 21.9 Å². The first-order chi connectivity index (χ1) is 15.8. The van der Waals surface area contributed by atoms with E-state index in [9.17, 15) is 4.79 Å². The van der Waals surface area contributed by atoms with Gasteiger partial charge in [-0.3, -0.25) is 4.79 Å². The minimum atomic E-state index is 0.626. The first kappa shape index (κ1) is 22.9. The van der Waals surface area contributed by atoms with Gasteiger partial charge in [0.25, 0.3) is 0 Å². The SMILES string of the molecule is CCCCc1nc2c(NC)nc3cc(C=O)ccc3c2n1Cc1ccc(C[N+](C)(C)C)cc1. The number of benzene rings is 2. The maximum absolute atomic E-state index is 11.4. The third kappa shape index (κ3) is 4.91. The van der Waals surface area contributed by atoms with Gasteiger partial charge in [0, 0.05) is 36.5 Å². The van der Waals surface area contributed by atoms with Crippen LogP contribution in [0.2, 0.25) is 0 Å². The molecule has 172 valence electrons. The summed E-state index contributed by atoms with van der Waals surface area (Å²) >= 11 is 0. The zero-order valence-corrected chi connectivity index (χ0v) is 20.4. The zero-order valence-electron chi connectivity index (χ0n) is 20.4. The molecule has 2 heterocycles. The Kier molecular flexibility index (Phi) is 6.47. The smallest absolute Gasteiger partial charge is 0.154 e. The summed E-state index contributed by atoms with van der Waals surface area (Å²) in [5.41, 5.74) is 5.97. The Morgan fingerprint density at radius 3 is 2.39 bits per heavy atom. The summed E-state index contributed by atoms with van der Waals surface area (Å²) in [5.74, 6) is 1.82. The zero-order chi connectivity index (χ0) is 23.6. The monoisotopic (exact) mass is 444 g/mol. The summed E-state index contributed by atoms with van der Waals surface area (Å²) in [7, 11) is 8.49. The number of carbonyl (C=O) groups excluding carboxylic acids is 1. The first-order valence-corrected chi connectivity index (χ1v) is 11.7. The lowest BCUT2D eigenvalue weighted by atomic mass is 10.1. The molecule has 2 aromatic heterocycles. The molecule has 1 N–H and O–H groups in total. The lowest BCUT2D eigenvalue weighted by Gasteiger charge is -2.24. The molecule has 33 heavy (non-hydrogen) atoms. The van der Waals surface area contributed by atoms with Gasteiger partial charge in [-0.15, -0.1) is 0 Å². The highest BCUT2D eigenvalue weighted by Gasteiger charge is 2.19. The molecule has 0 spiro atoms. The van der Waals surface area contributed by atoms with E-state index in [0.29, 0.717) is 5.56 Å². The maximum Gasteiger partial charge on any atom is 0.154 e. The van der Waals surface area contributed by atoms with Crippen LogP contribution in [0.1, 0.15) is 47.1 Å². The van der Waals surface area contributed by atoms with Crippen LogP contribution >= 0.6 is 0 Å². The van der Waals surface area contributed by atoms with Crippen molar-refractivity contribution in [3.8, 4) is 0 Å². The number of rotatable bonds is 9. The fourth-order valence-corrected chi connectivity index (χ4v) is 4.38. The topological polar surface area (TPSA) is 59.8 Å². The molecule has 0 amide bonds. The summed E-state index contributed by atoms with van der Waals surface area (Å²) in [6, 6.07) is 14.6. The third-order valence-electron chi connectivity index (χ3n) is 5.93. The molecule has 0 unspecified atom stereocenters. The second-order valence-electron chi connectivity index (χ2n) is 9.78. The molecule has 0 radical (unpaired) electrons. The number of nitrogens with zero attached hydrogens (tertiary/aromatic N) is 4. The number of aromatic nitrogens is 3. The van der Waals surface area contributed by atoms with Crippen molar-refractivity contribution in [2.75, 3.05) is 33.5 Å². The Labute approximate surface area is 195 Å². The minimum absolute atomic E-state index is 0.626. The maximum atomic E-state index is 11.4. The Hall–Kier alpha value is -3.25. The molecule has 0 atom stereocenters. The summed E-state index contributed by atoms with van der Waals surface area (Å²) in [4.78, 5) is 21.2. The lowest BCUT2D eigenvalue weighted by molar-refractivity contribution is -0.884. The second-order valence-corrected chi connectivity index (χ2v) is 9.78. The Morgan fingerprint density at radius 2 is 1.76 bits per heavy atom. The molecule has 0 saturated carbocycles. The van der Waals surface area contributed by atoms with Crippen molar-refractivity contribution >= 4 is 34.0 Å². The molecule has 6 heteroatoms. The van der Waals surface area contributed by atoms with Crippen LogP contribution < -0.4 is 5.32 Å². The predicted molar refractivity (Wildman–Crippen MR) is 136 cm³/mol. The van der Waals surface area contributed by atoms with Crippen molar-refractivity contribution in [3.63, 3.8) is 0 Å². The van der Waals surface area contributed by atoms with Gasteiger partial charge in [0.05, 0.1) is 32.2 Å². The Balaban J connectivity index is 1.85. The van der Waals surface area contributed by atoms with Gasteiger partial charge in [-0.05, 0) is 24.1 Å². The van der Waals surface area contributed by atoms with Gasteiger partial charge in [0.15, 0.2) is 5.82 Å². The number of fused-ring (bicyclic) bond motifs is 3. The number of hydrogen-bond acceptors (Lipinski definition) is 4. The van der Waals surface area contributed by atoms with Gasteiger partial charge >= 0.3 is 0 Å². The summed E-state index contributed by atoms with van der Waals surface area (Å²) in [6.45, 7) is 3.95. The van der Waals surface area contributed by atoms with Crippen molar-refractivity contribution in [1.29, 1.82) is 0 Å². The van der Waals surface area contributed by atoms with Crippen LogP contribution in [0.3, 0.4) is 0 Å².